The Bertz CT molecular complexity index is 1100. The van der Waals surface area contributed by atoms with Gasteiger partial charge in [0.15, 0.2) is 6.10 Å². The molecule has 2 aromatic rings. The van der Waals surface area contributed by atoms with E-state index in [9.17, 15) is 18.0 Å². The molecule has 10 heteroatoms. The molecule has 3 rings (SSSR count). The SMILES string of the molecule is CC(OC(=O)Cc1ccccc1Cl)C(=O)Nc1cc(S(=O)(=O)N2CCCCC2)ccc1Cl. The van der Waals surface area contributed by atoms with Crippen molar-refractivity contribution in [2.24, 2.45) is 0 Å². The van der Waals surface area contributed by atoms with Crippen LogP contribution in [0.15, 0.2) is 47.4 Å². The number of carbonyl (C=O) groups is 2. The molecule has 172 valence electrons. The highest BCUT2D eigenvalue weighted by Gasteiger charge is 2.27. The van der Waals surface area contributed by atoms with Crippen molar-refractivity contribution in [1.29, 1.82) is 0 Å². The molecule has 0 saturated carbocycles. The number of hydrogen-bond acceptors (Lipinski definition) is 5. The molecule has 0 bridgehead atoms. The quantitative estimate of drug-likeness (QED) is 0.575. The van der Waals surface area contributed by atoms with Crippen molar-refractivity contribution in [3.05, 3.63) is 58.1 Å². The van der Waals surface area contributed by atoms with E-state index in [1.165, 1.54) is 29.4 Å². The summed E-state index contributed by atoms with van der Waals surface area (Å²) < 4.78 is 32.4. The predicted molar refractivity (Wildman–Crippen MR) is 123 cm³/mol. The summed E-state index contributed by atoms with van der Waals surface area (Å²) in [6.45, 7) is 2.35. The van der Waals surface area contributed by atoms with E-state index >= 15 is 0 Å². The number of esters is 1. The molecule has 7 nitrogen and oxygen atoms in total. The van der Waals surface area contributed by atoms with Crippen molar-refractivity contribution in [3.8, 4) is 0 Å². The minimum Gasteiger partial charge on any atom is -0.452 e. The summed E-state index contributed by atoms with van der Waals surface area (Å²) >= 11 is 12.2. The lowest BCUT2D eigenvalue weighted by Gasteiger charge is -2.26. The molecule has 1 aliphatic rings. The lowest BCUT2D eigenvalue weighted by molar-refractivity contribution is -0.152. The Kier molecular flexibility index (Phi) is 8.16. The van der Waals surface area contributed by atoms with Crippen molar-refractivity contribution in [1.82, 2.24) is 4.31 Å². The van der Waals surface area contributed by atoms with Crippen LogP contribution in [-0.2, 0) is 30.8 Å². The van der Waals surface area contributed by atoms with E-state index in [0.717, 1.165) is 19.3 Å². The van der Waals surface area contributed by atoms with Crippen molar-refractivity contribution in [2.45, 2.75) is 43.6 Å². The number of benzene rings is 2. The third-order valence-electron chi connectivity index (χ3n) is 5.12. The van der Waals surface area contributed by atoms with Crippen LogP contribution in [-0.4, -0.2) is 43.8 Å². The molecule has 1 heterocycles. The van der Waals surface area contributed by atoms with Gasteiger partial charge in [0.2, 0.25) is 10.0 Å². The average Bonchev–Trinajstić information content (AvgIpc) is 2.77. The van der Waals surface area contributed by atoms with Crippen LogP contribution in [0.3, 0.4) is 0 Å². The molecule has 2 aromatic carbocycles. The second-order valence-electron chi connectivity index (χ2n) is 7.50. The van der Waals surface area contributed by atoms with Crippen molar-refractivity contribution < 1.29 is 22.7 Å². The summed E-state index contributed by atoms with van der Waals surface area (Å²) in [5.41, 5.74) is 0.717. The molecular formula is C22H24Cl2N2O5S. The molecule has 1 amide bonds. The molecule has 0 spiro atoms. The first kappa shape index (κ1) is 24.5. The number of nitrogens with zero attached hydrogens (tertiary/aromatic N) is 1. The highest BCUT2D eigenvalue weighted by atomic mass is 35.5. The van der Waals surface area contributed by atoms with Gasteiger partial charge in [-0.2, -0.15) is 4.31 Å². The zero-order valence-electron chi connectivity index (χ0n) is 17.5. The topological polar surface area (TPSA) is 92.8 Å². The number of halogens is 2. The monoisotopic (exact) mass is 498 g/mol. The summed E-state index contributed by atoms with van der Waals surface area (Å²) in [6.07, 6.45) is 1.42. The van der Waals surface area contributed by atoms with E-state index in [0.29, 0.717) is 23.7 Å². The van der Waals surface area contributed by atoms with E-state index < -0.39 is 28.0 Å². The van der Waals surface area contributed by atoms with Crippen LogP contribution in [0.4, 0.5) is 5.69 Å². The maximum absolute atomic E-state index is 12.9. The summed E-state index contributed by atoms with van der Waals surface area (Å²) in [4.78, 5) is 24.8. The van der Waals surface area contributed by atoms with Gasteiger partial charge in [-0.15, -0.1) is 0 Å². The molecule has 1 fully saturated rings. The highest BCUT2D eigenvalue weighted by Crippen LogP contribution is 2.28. The summed E-state index contributed by atoms with van der Waals surface area (Å²) in [5.74, 6) is -1.25. The number of amides is 1. The Hall–Kier alpha value is -2.13. The third kappa shape index (κ3) is 6.01. The van der Waals surface area contributed by atoms with Crippen LogP contribution in [0.2, 0.25) is 10.0 Å². The molecule has 32 heavy (non-hydrogen) atoms. The lowest BCUT2D eigenvalue weighted by atomic mass is 10.1. The van der Waals surface area contributed by atoms with Crippen molar-refractivity contribution in [3.63, 3.8) is 0 Å². The normalized spacial score (nSPS) is 15.7. The van der Waals surface area contributed by atoms with Gasteiger partial charge in [-0.3, -0.25) is 9.59 Å². The van der Waals surface area contributed by atoms with Gasteiger partial charge in [0.05, 0.1) is 22.0 Å². The second kappa shape index (κ2) is 10.7. The smallest absolute Gasteiger partial charge is 0.311 e. The first-order valence-electron chi connectivity index (χ1n) is 10.2. The van der Waals surface area contributed by atoms with E-state index in [-0.39, 0.29) is 22.0 Å². The van der Waals surface area contributed by atoms with Gasteiger partial charge in [-0.05, 0) is 49.6 Å². The molecule has 1 N–H and O–H groups in total. The number of rotatable bonds is 7. The minimum atomic E-state index is -3.69. The largest absolute Gasteiger partial charge is 0.452 e. The zero-order valence-corrected chi connectivity index (χ0v) is 19.8. The van der Waals surface area contributed by atoms with Gasteiger partial charge in [0.1, 0.15) is 0 Å². The highest BCUT2D eigenvalue weighted by molar-refractivity contribution is 7.89. The number of ether oxygens (including phenoxy) is 1. The molecule has 1 unspecified atom stereocenters. The first-order chi connectivity index (χ1) is 15.2. The molecule has 0 radical (unpaired) electrons. The molecule has 1 saturated heterocycles. The maximum Gasteiger partial charge on any atom is 0.311 e. The Morgan fingerprint density at radius 1 is 1.06 bits per heavy atom. The van der Waals surface area contributed by atoms with Gasteiger partial charge < -0.3 is 10.1 Å². The summed E-state index contributed by atoms with van der Waals surface area (Å²) in [6, 6.07) is 11.0. The number of sulfonamides is 1. The van der Waals surface area contributed by atoms with Gasteiger partial charge in [0.25, 0.3) is 5.91 Å². The fourth-order valence-electron chi connectivity index (χ4n) is 3.34. The Morgan fingerprint density at radius 2 is 1.75 bits per heavy atom. The van der Waals surface area contributed by atoms with Gasteiger partial charge in [-0.25, -0.2) is 8.42 Å². The predicted octanol–water partition coefficient (Wildman–Crippen LogP) is 4.28. The van der Waals surface area contributed by atoms with E-state index in [1.807, 2.05) is 0 Å². The third-order valence-corrected chi connectivity index (χ3v) is 7.71. The summed E-state index contributed by atoms with van der Waals surface area (Å²) in [7, 11) is -3.69. The molecular weight excluding hydrogens is 475 g/mol. The number of anilines is 1. The Balaban J connectivity index is 1.67. The van der Waals surface area contributed by atoms with Crippen LogP contribution >= 0.6 is 23.2 Å². The standard InChI is InChI=1S/C22H24Cl2N2O5S/c1-15(31-21(27)13-16-7-3-4-8-18(16)23)22(28)25-20-14-17(9-10-19(20)24)32(29,30)26-11-5-2-6-12-26/h3-4,7-10,14-15H,2,5-6,11-13H2,1H3,(H,25,28). The van der Waals surface area contributed by atoms with E-state index in [2.05, 4.69) is 5.32 Å². The number of nitrogens with one attached hydrogen (secondary N) is 1. The fourth-order valence-corrected chi connectivity index (χ4v) is 5.25. The van der Waals surface area contributed by atoms with Crippen molar-refractivity contribution >= 4 is 50.8 Å². The van der Waals surface area contributed by atoms with Crippen LogP contribution < -0.4 is 5.32 Å². The number of carbonyl (C=O) groups excluding carboxylic acids is 2. The van der Waals surface area contributed by atoms with Crippen LogP contribution in [0.5, 0.6) is 0 Å². The minimum absolute atomic E-state index is 0.0440. The molecule has 1 aliphatic heterocycles. The lowest BCUT2D eigenvalue weighted by Crippen LogP contribution is -2.35. The molecule has 1 atom stereocenters. The van der Waals surface area contributed by atoms with Crippen LogP contribution in [0.25, 0.3) is 0 Å². The second-order valence-corrected chi connectivity index (χ2v) is 10.2. The fraction of sp³-hybridized carbons (Fsp3) is 0.364. The summed E-state index contributed by atoms with van der Waals surface area (Å²) in [5, 5.41) is 3.15. The van der Waals surface area contributed by atoms with Gasteiger partial charge >= 0.3 is 5.97 Å². The molecule has 0 aromatic heterocycles. The number of piperidine rings is 1. The van der Waals surface area contributed by atoms with Crippen molar-refractivity contribution in [2.75, 3.05) is 18.4 Å². The Labute approximate surface area is 197 Å². The van der Waals surface area contributed by atoms with Crippen LogP contribution in [0, 0.1) is 0 Å². The van der Waals surface area contributed by atoms with Gasteiger partial charge in [-0.1, -0.05) is 47.8 Å². The zero-order chi connectivity index (χ0) is 23.3. The molecule has 0 aliphatic carbocycles. The van der Waals surface area contributed by atoms with Gasteiger partial charge in [0, 0.05) is 18.1 Å². The van der Waals surface area contributed by atoms with E-state index in [1.54, 1.807) is 24.3 Å². The maximum atomic E-state index is 12.9. The average molecular weight is 499 g/mol. The Morgan fingerprint density at radius 3 is 2.44 bits per heavy atom. The van der Waals surface area contributed by atoms with E-state index in [4.69, 9.17) is 27.9 Å². The van der Waals surface area contributed by atoms with Crippen LogP contribution in [0.1, 0.15) is 31.7 Å². The number of hydrogen-bond donors (Lipinski definition) is 1. The first-order valence-corrected chi connectivity index (χ1v) is 12.4.